The molecule has 11 heteroatoms. The van der Waals surface area contributed by atoms with Gasteiger partial charge in [-0.2, -0.15) is 0 Å². The van der Waals surface area contributed by atoms with Gasteiger partial charge >= 0.3 is 17.2 Å². The standard InChI is InChI=1S/C30H33NO9S/c1-18(32)31-22-24(37-28(34)23(35-19(2)33)20-12-6-3-7-13-20)26(38-29(41)36-21-14-8-4-9-15-21)27-25(22)39-30(40-27)16-10-5-11-17-30/h3-4,6-9,12-15,22-27H,5,10-11,16-17H2,1-2H3,(H,31,32)/t22-,23+,24+,25-,26+,27-/m1/s1. The molecule has 10 nitrogen and oxygen atoms in total. The SMILES string of the molecule is CC(=O)N[C@H]1[C@H]2OC3(CCCCC3)O[C@H]2[C@@H](OC(=S)Oc2ccccc2)[C@H]1OC(=O)[C@@H](OC(C)=O)c1ccccc1. The van der Waals surface area contributed by atoms with E-state index in [1.807, 2.05) is 6.07 Å². The third-order valence-corrected chi connectivity index (χ3v) is 7.58. The van der Waals surface area contributed by atoms with Gasteiger partial charge < -0.3 is 33.7 Å². The van der Waals surface area contributed by atoms with Gasteiger partial charge in [0.05, 0.1) is 6.04 Å². The summed E-state index contributed by atoms with van der Waals surface area (Å²) in [6, 6.07) is 16.6. The van der Waals surface area contributed by atoms with E-state index in [9.17, 15) is 14.4 Å². The minimum atomic E-state index is -1.34. The van der Waals surface area contributed by atoms with Crippen molar-refractivity contribution in [2.45, 2.75) is 88.3 Å². The number of amides is 1. The maximum Gasteiger partial charge on any atom is 0.358 e. The van der Waals surface area contributed by atoms with E-state index in [-0.39, 0.29) is 11.1 Å². The lowest BCUT2D eigenvalue weighted by Gasteiger charge is -2.36. The first-order chi connectivity index (χ1) is 19.7. The predicted molar refractivity (Wildman–Crippen MR) is 149 cm³/mol. The molecule has 1 N–H and O–H groups in total. The zero-order chi connectivity index (χ0) is 29.0. The number of ether oxygens (including phenoxy) is 6. The number of carbonyl (C=O) groups excluding carboxylic acids is 3. The van der Waals surface area contributed by atoms with E-state index in [0.717, 1.165) is 19.3 Å². The molecule has 3 fully saturated rings. The maximum absolute atomic E-state index is 13.6. The Morgan fingerprint density at radius 2 is 1.51 bits per heavy atom. The van der Waals surface area contributed by atoms with Crippen LogP contribution in [0.25, 0.3) is 0 Å². The smallest absolute Gasteiger partial charge is 0.358 e. The molecule has 0 aromatic heterocycles. The molecule has 0 bridgehead atoms. The van der Waals surface area contributed by atoms with Gasteiger partial charge in [0, 0.05) is 44.5 Å². The lowest BCUT2D eigenvalue weighted by atomic mass is 9.94. The fourth-order valence-corrected chi connectivity index (χ4v) is 5.94. The van der Waals surface area contributed by atoms with E-state index in [0.29, 0.717) is 24.2 Å². The number of carbonyl (C=O) groups is 3. The van der Waals surface area contributed by atoms with Crippen LogP contribution in [0.5, 0.6) is 5.75 Å². The number of fused-ring (bicyclic) bond motifs is 1. The highest BCUT2D eigenvalue weighted by Gasteiger charge is 2.64. The average Bonchev–Trinajstić information content (AvgIpc) is 3.41. The highest BCUT2D eigenvalue weighted by Crippen LogP contribution is 2.47. The van der Waals surface area contributed by atoms with Crippen LogP contribution in [0, 0.1) is 0 Å². The Kier molecular flexibility index (Phi) is 8.86. The summed E-state index contributed by atoms with van der Waals surface area (Å²) in [7, 11) is 0. The average molecular weight is 584 g/mol. The molecule has 6 atom stereocenters. The van der Waals surface area contributed by atoms with E-state index in [2.05, 4.69) is 5.32 Å². The summed E-state index contributed by atoms with van der Waals surface area (Å²) in [5.41, 5.74) is 0.427. The van der Waals surface area contributed by atoms with Crippen LogP contribution in [0.3, 0.4) is 0 Å². The van der Waals surface area contributed by atoms with E-state index in [4.69, 9.17) is 40.6 Å². The summed E-state index contributed by atoms with van der Waals surface area (Å²) in [4.78, 5) is 37.8. The number of esters is 2. The lowest BCUT2D eigenvalue weighted by Crippen LogP contribution is -2.52. The summed E-state index contributed by atoms with van der Waals surface area (Å²) >= 11 is 5.42. The molecule has 5 rings (SSSR count). The van der Waals surface area contributed by atoms with Crippen LogP contribution in [-0.4, -0.2) is 59.3 Å². The first-order valence-electron chi connectivity index (χ1n) is 13.7. The van der Waals surface area contributed by atoms with Crippen molar-refractivity contribution in [2.75, 3.05) is 0 Å². The van der Waals surface area contributed by atoms with Gasteiger partial charge in [0.25, 0.3) is 0 Å². The minimum absolute atomic E-state index is 0.211. The van der Waals surface area contributed by atoms with Crippen LogP contribution in [0.15, 0.2) is 60.7 Å². The Balaban J connectivity index is 1.45. The Hall–Kier alpha value is -3.54. The maximum atomic E-state index is 13.6. The normalized spacial score (nSPS) is 26.8. The van der Waals surface area contributed by atoms with Crippen LogP contribution in [0.4, 0.5) is 0 Å². The zero-order valence-electron chi connectivity index (χ0n) is 22.9. The van der Waals surface area contributed by atoms with Gasteiger partial charge in [0.2, 0.25) is 12.0 Å². The quantitative estimate of drug-likeness (QED) is 0.380. The van der Waals surface area contributed by atoms with Gasteiger partial charge in [-0.05, 0) is 25.0 Å². The number of hydrogen-bond acceptors (Lipinski definition) is 10. The molecule has 1 aliphatic heterocycles. The van der Waals surface area contributed by atoms with Gasteiger partial charge in [-0.25, -0.2) is 4.79 Å². The van der Waals surface area contributed by atoms with Crippen molar-refractivity contribution in [3.63, 3.8) is 0 Å². The van der Waals surface area contributed by atoms with Crippen molar-refractivity contribution in [1.29, 1.82) is 0 Å². The van der Waals surface area contributed by atoms with E-state index < -0.39 is 54.3 Å². The molecule has 2 aromatic rings. The van der Waals surface area contributed by atoms with Crippen molar-refractivity contribution in [3.8, 4) is 5.75 Å². The molecule has 1 heterocycles. The lowest BCUT2D eigenvalue weighted by molar-refractivity contribution is -0.219. The van der Waals surface area contributed by atoms with Gasteiger partial charge in [-0.1, -0.05) is 55.0 Å². The predicted octanol–water partition coefficient (Wildman–Crippen LogP) is 3.91. The number of thiocarbonyl (C=S) groups is 1. The fraction of sp³-hybridized carbons (Fsp3) is 0.467. The zero-order valence-corrected chi connectivity index (χ0v) is 23.7. The van der Waals surface area contributed by atoms with Crippen molar-refractivity contribution in [3.05, 3.63) is 66.2 Å². The van der Waals surface area contributed by atoms with Gasteiger partial charge in [0.1, 0.15) is 18.0 Å². The molecule has 1 spiro atoms. The van der Waals surface area contributed by atoms with Crippen LogP contribution >= 0.6 is 12.2 Å². The van der Waals surface area contributed by atoms with Gasteiger partial charge in [-0.3, -0.25) is 9.59 Å². The monoisotopic (exact) mass is 583 g/mol. The van der Waals surface area contributed by atoms with Crippen LogP contribution in [-0.2, 0) is 38.1 Å². The number of benzene rings is 2. The largest absolute Gasteiger partial charge is 0.453 e. The topological polar surface area (TPSA) is 119 Å². The molecule has 41 heavy (non-hydrogen) atoms. The number of para-hydroxylation sites is 1. The van der Waals surface area contributed by atoms with Crippen molar-refractivity contribution < 1.29 is 42.8 Å². The van der Waals surface area contributed by atoms with Crippen molar-refractivity contribution in [2.24, 2.45) is 0 Å². The second-order valence-electron chi connectivity index (χ2n) is 10.4. The first kappa shape index (κ1) is 29.0. The molecular formula is C30H33NO9S. The number of rotatable bonds is 7. The van der Waals surface area contributed by atoms with E-state index in [1.54, 1.807) is 54.6 Å². The second-order valence-corrected chi connectivity index (χ2v) is 10.7. The molecule has 0 unspecified atom stereocenters. The highest BCUT2D eigenvalue weighted by molar-refractivity contribution is 7.79. The third-order valence-electron chi connectivity index (χ3n) is 7.40. The minimum Gasteiger partial charge on any atom is -0.453 e. The van der Waals surface area contributed by atoms with E-state index >= 15 is 0 Å². The fourth-order valence-electron chi connectivity index (χ4n) is 5.73. The highest BCUT2D eigenvalue weighted by atomic mass is 32.1. The molecule has 1 amide bonds. The summed E-state index contributed by atoms with van der Waals surface area (Å²) in [6.07, 6.45) is -0.539. The Bertz CT molecular complexity index is 1250. The summed E-state index contributed by atoms with van der Waals surface area (Å²) < 4.78 is 36.2. The molecule has 218 valence electrons. The van der Waals surface area contributed by atoms with E-state index in [1.165, 1.54) is 13.8 Å². The molecule has 0 radical (unpaired) electrons. The molecule has 3 aliphatic rings. The third kappa shape index (κ3) is 6.69. The number of nitrogens with one attached hydrogen (secondary N) is 1. The van der Waals surface area contributed by atoms with Gasteiger partial charge in [0.15, 0.2) is 18.0 Å². The molecule has 2 aromatic carbocycles. The Labute approximate surface area is 243 Å². The molecule has 2 aliphatic carbocycles. The van der Waals surface area contributed by atoms with Crippen molar-refractivity contribution >= 4 is 35.3 Å². The summed E-state index contributed by atoms with van der Waals surface area (Å²) in [5, 5.41) is 2.66. The van der Waals surface area contributed by atoms with Crippen LogP contribution < -0.4 is 10.1 Å². The van der Waals surface area contributed by atoms with Crippen LogP contribution in [0.2, 0.25) is 0 Å². The first-order valence-corrected chi connectivity index (χ1v) is 14.1. The molecule has 2 saturated carbocycles. The Morgan fingerprint density at radius 1 is 0.878 bits per heavy atom. The summed E-state index contributed by atoms with van der Waals surface area (Å²) in [5.74, 6) is -2.22. The molecular weight excluding hydrogens is 550 g/mol. The van der Waals surface area contributed by atoms with Crippen LogP contribution in [0.1, 0.15) is 57.6 Å². The van der Waals surface area contributed by atoms with Gasteiger partial charge in [-0.15, -0.1) is 0 Å². The molecule has 1 saturated heterocycles. The summed E-state index contributed by atoms with van der Waals surface area (Å²) in [6.45, 7) is 2.57. The van der Waals surface area contributed by atoms with Crippen molar-refractivity contribution in [1.82, 2.24) is 5.32 Å². The number of hydrogen-bond donors (Lipinski definition) is 1. The Morgan fingerprint density at radius 3 is 2.15 bits per heavy atom. The second kappa shape index (κ2) is 12.5.